The van der Waals surface area contributed by atoms with Crippen molar-refractivity contribution in [1.29, 1.82) is 0 Å². The third-order valence-corrected chi connectivity index (χ3v) is 3.91. The molecule has 0 radical (unpaired) electrons. The first-order valence-electron chi connectivity index (χ1n) is 7.41. The van der Waals surface area contributed by atoms with Gasteiger partial charge in [0, 0.05) is 6.21 Å². The Balaban J connectivity index is 1.87. The van der Waals surface area contributed by atoms with Crippen molar-refractivity contribution >= 4 is 46.7 Å². The molecule has 0 unspecified atom stereocenters. The van der Waals surface area contributed by atoms with Crippen LogP contribution in [0.5, 0.6) is 0 Å². The zero-order valence-electron chi connectivity index (χ0n) is 13.0. The molecule has 2 aromatic rings. The van der Waals surface area contributed by atoms with Gasteiger partial charge in [0.15, 0.2) is 11.0 Å². The van der Waals surface area contributed by atoms with Gasteiger partial charge in [-0.2, -0.15) is 0 Å². The minimum atomic E-state index is -1.02. The lowest BCUT2D eigenvalue weighted by Gasteiger charge is -2.30. The monoisotopic (exact) mass is 337 g/mol. The smallest absolute Gasteiger partial charge is 0.251 e. The van der Waals surface area contributed by atoms with E-state index in [9.17, 15) is 9.59 Å². The molecule has 6 heteroatoms. The van der Waals surface area contributed by atoms with Crippen LogP contribution in [0.4, 0.5) is 11.4 Å². The third kappa shape index (κ3) is 3.23. The molecule has 1 fully saturated rings. The summed E-state index contributed by atoms with van der Waals surface area (Å²) >= 11 is 5.14. The van der Waals surface area contributed by atoms with Crippen LogP contribution in [-0.4, -0.2) is 23.1 Å². The molecule has 1 aliphatic heterocycles. The summed E-state index contributed by atoms with van der Waals surface area (Å²) in [6.45, 7) is 1.98. The number of amides is 2. The van der Waals surface area contributed by atoms with Crippen molar-refractivity contribution in [2.24, 2.45) is 10.9 Å². The van der Waals surface area contributed by atoms with E-state index in [1.165, 1.54) is 11.1 Å². The lowest BCUT2D eigenvalue weighted by Crippen LogP contribution is -2.58. The summed E-state index contributed by atoms with van der Waals surface area (Å²) in [6, 6.07) is 16.5. The highest BCUT2D eigenvalue weighted by molar-refractivity contribution is 7.80. The maximum atomic E-state index is 12.7. The quantitative estimate of drug-likeness (QED) is 0.532. The van der Waals surface area contributed by atoms with Gasteiger partial charge in [0.05, 0.1) is 11.4 Å². The third-order valence-electron chi connectivity index (χ3n) is 3.62. The van der Waals surface area contributed by atoms with Gasteiger partial charge in [-0.1, -0.05) is 35.9 Å². The van der Waals surface area contributed by atoms with E-state index in [0.29, 0.717) is 11.4 Å². The number of thiocarbonyl (C=S) groups is 1. The molecule has 1 N–H and O–H groups in total. The SMILES string of the molecule is Cc1ccc(N=C[C@H]2C(=O)NC(=S)N(c3ccccc3)C2=O)cc1. The number of aliphatic imine (C=N–C) groups is 1. The molecular formula is C18H15N3O2S. The van der Waals surface area contributed by atoms with Crippen LogP contribution in [0.3, 0.4) is 0 Å². The average Bonchev–Trinajstić information content (AvgIpc) is 2.57. The lowest BCUT2D eigenvalue weighted by molar-refractivity contribution is -0.130. The van der Waals surface area contributed by atoms with Gasteiger partial charge in [-0.25, -0.2) is 0 Å². The van der Waals surface area contributed by atoms with Crippen molar-refractivity contribution in [2.75, 3.05) is 4.90 Å². The molecule has 0 saturated carbocycles. The highest BCUT2D eigenvalue weighted by atomic mass is 32.1. The van der Waals surface area contributed by atoms with Crippen molar-refractivity contribution in [3.05, 3.63) is 60.2 Å². The Morgan fingerprint density at radius 1 is 1.08 bits per heavy atom. The van der Waals surface area contributed by atoms with Crippen LogP contribution in [-0.2, 0) is 9.59 Å². The molecule has 5 nitrogen and oxygen atoms in total. The summed E-state index contributed by atoms with van der Waals surface area (Å²) < 4.78 is 0. The minimum Gasteiger partial charge on any atom is -0.301 e. The summed E-state index contributed by atoms with van der Waals surface area (Å²) in [5.41, 5.74) is 2.41. The Kier molecular flexibility index (Phi) is 4.48. The van der Waals surface area contributed by atoms with E-state index < -0.39 is 17.7 Å². The lowest BCUT2D eigenvalue weighted by atomic mass is 10.1. The van der Waals surface area contributed by atoms with Crippen LogP contribution < -0.4 is 10.2 Å². The Morgan fingerprint density at radius 3 is 2.42 bits per heavy atom. The van der Waals surface area contributed by atoms with Crippen LogP contribution in [0.15, 0.2) is 59.6 Å². The molecule has 0 aromatic heterocycles. The molecule has 120 valence electrons. The second-order valence-corrected chi connectivity index (χ2v) is 5.78. The first-order valence-corrected chi connectivity index (χ1v) is 7.82. The van der Waals surface area contributed by atoms with Gasteiger partial charge in [-0.05, 0) is 43.4 Å². The molecule has 2 aromatic carbocycles. The normalized spacial score (nSPS) is 18.1. The Labute approximate surface area is 145 Å². The minimum absolute atomic E-state index is 0.0798. The van der Waals surface area contributed by atoms with Crippen molar-refractivity contribution in [1.82, 2.24) is 5.32 Å². The molecule has 1 heterocycles. The van der Waals surface area contributed by atoms with Gasteiger partial charge < -0.3 is 5.32 Å². The zero-order valence-corrected chi connectivity index (χ0v) is 13.8. The fraction of sp³-hybridized carbons (Fsp3) is 0.111. The van der Waals surface area contributed by atoms with E-state index in [4.69, 9.17) is 12.2 Å². The number of hydrogen-bond acceptors (Lipinski definition) is 4. The molecule has 1 saturated heterocycles. The standard InChI is InChI=1S/C18H15N3O2S/c1-12-7-9-13(10-8-12)19-11-15-16(22)20-18(24)21(17(15)23)14-5-3-2-4-6-14/h2-11,15H,1H3,(H,20,22,24)/t15-/m0/s1. The van der Waals surface area contributed by atoms with Crippen LogP contribution in [0.2, 0.25) is 0 Å². The Bertz CT molecular complexity index is 816. The second-order valence-electron chi connectivity index (χ2n) is 5.39. The van der Waals surface area contributed by atoms with Crippen molar-refractivity contribution in [3.8, 4) is 0 Å². The summed E-state index contributed by atoms with van der Waals surface area (Å²) in [6.07, 6.45) is 1.36. The molecule has 0 bridgehead atoms. The number of nitrogens with zero attached hydrogens (tertiary/aromatic N) is 2. The van der Waals surface area contributed by atoms with Gasteiger partial charge >= 0.3 is 0 Å². The Hall–Kier alpha value is -2.86. The number of anilines is 1. The first-order chi connectivity index (χ1) is 11.6. The first kappa shape index (κ1) is 16.0. The number of carbonyl (C=O) groups excluding carboxylic acids is 2. The van der Waals surface area contributed by atoms with Crippen molar-refractivity contribution < 1.29 is 9.59 Å². The number of hydrogen-bond donors (Lipinski definition) is 1. The number of benzene rings is 2. The van der Waals surface area contributed by atoms with E-state index in [0.717, 1.165) is 5.56 Å². The molecule has 3 rings (SSSR count). The molecule has 0 spiro atoms. The zero-order chi connectivity index (χ0) is 17.1. The van der Waals surface area contributed by atoms with E-state index in [-0.39, 0.29) is 5.11 Å². The second kappa shape index (κ2) is 6.72. The van der Waals surface area contributed by atoms with E-state index >= 15 is 0 Å². The average molecular weight is 337 g/mol. The number of nitrogens with one attached hydrogen (secondary N) is 1. The molecule has 1 aliphatic rings. The Morgan fingerprint density at radius 2 is 1.75 bits per heavy atom. The fourth-order valence-corrected chi connectivity index (χ4v) is 2.63. The van der Waals surface area contributed by atoms with Crippen molar-refractivity contribution in [2.45, 2.75) is 6.92 Å². The van der Waals surface area contributed by atoms with Crippen LogP contribution >= 0.6 is 12.2 Å². The van der Waals surface area contributed by atoms with E-state index in [1.807, 2.05) is 37.3 Å². The van der Waals surface area contributed by atoms with Crippen LogP contribution in [0.1, 0.15) is 5.56 Å². The van der Waals surface area contributed by atoms with Gasteiger partial charge in [0.2, 0.25) is 5.91 Å². The van der Waals surface area contributed by atoms with E-state index in [1.54, 1.807) is 24.3 Å². The predicted molar refractivity (Wildman–Crippen MR) is 97.5 cm³/mol. The molecule has 2 amide bonds. The summed E-state index contributed by atoms with van der Waals surface area (Å²) in [7, 11) is 0. The fourth-order valence-electron chi connectivity index (χ4n) is 2.33. The topological polar surface area (TPSA) is 61.8 Å². The predicted octanol–water partition coefficient (Wildman–Crippen LogP) is 2.76. The maximum Gasteiger partial charge on any atom is 0.251 e. The maximum absolute atomic E-state index is 12.7. The van der Waals surface area contributed by atoms with Gasteiger partial charge in [0.25, 0.3) is 5.91 Å². The molecule has 1 atom stereocenters. The van der Waals surface area contributed by atoms with Crippen LogP contribution in [0, 0.1) is 12.8 Å². The number of para-hydroxylation sites is 1. The summed E-state index contributed by atoms with van der Waals surface area (Å²) in [5.74, 6) is -1.89. The van der Waals surface area contributed by atoms with E-state index in [2.05, 4.69) is 10.3 Å². The number of rotatable bonds is 3. The number of aryl methyl sites for hydroxylation is 1. The van der Waals surface area contributed by atoms with Gasteiger partial charge in [-0.15, -0.1) is 0 Å². The molecule has 24 heavy (non-hydrogen) atoms. The van der Waals surface area contributed by atoms with Gasteiger partial charge in [0.1, 0.15) is 0 Å². The largest absolute Gasteiger partial charge is 0.301 e. The van der Waals surface area contributed by atoms with Gasteiger partial charge in [-0.3, -0.25) is 19.5 Å². The molecular weight excluding hydrogens is 322 g/mol. The summed E-state index contributed by atoms with van der Waals surface area (Å²) in [4.78, 5) is 30.4. The van der Waals surface area contributed by atoms with Crippen molar-refractivity contribution in [3.63, 3.8) is 0 Å². The summed E-state index contributed by atoms with van der Waals surface area (Å²) in [5, 5.41) is 2.64. The highest BCUT2D eigenvalue weighted by Crippen LogP contribution is 2.20. The highest BCUT2D eigenvalue weighted by Gasteiger charge is 2.38. The number of carbonyl (C=O) groups is 2. The molecule has 0 aliphatic carbocycles. The van der Waals surface area contributed by atoms with Crippen LogP contribution in [0.25, 0.3) is 0 Å².